The highest BCUT2D eigenvalue weighted by atomic mass is 32.2. The highest BCUT2D eigenvalue weighted by Crippen LogP contribution is 2.22. The number of methoxy groups -OCH3 is 1. The van der Waals surface area contributed by atoms with E-state index in [1.54, 1.807) is 19.1 Å². The Hall–Kier alpha value is -1.48. The van der Waals surface area contributed by atoms with Crippen LogP contribution >= 0.6 is 0 Å². The van der Waals surface area contributed by atoms with Crippen LogP contribution in [0.15, 0.2) is 23.1 Å². The fourth-order valence-corrected chi connectivity index (χ4v) is 2.98. The van der Waals surface area contributed by atoms with Gasteiger partial charge < -0.3 is 15.8 Å². The predicted molar refractivity (Wildman–Crippen MR) is 85.1 cm³/mol. The minimum atomic E-state index is -3.56. The Balaban J connectivity index is 2.98. The first-order valence-corrected chi connectivity index (χ1v) is 8.22. The van der Waals surface area contributed by atoms with E-state index in [0.29, 0.717) is 11.3 Å². The summed E-state index contributed by atoms with van der Waals surface area (Å²) in [6, 6.07) is 4.77. The lowest BCUT2D eigenvalue weighted by atomic mass is 10.2. The van der Waals surface area contributed by atoms with Crippen LogP contribution in [0.1, 0.15) is 12.0 Å². The Morgan fingerprint density at radius 2 is 2.05 bits per heavy atom. The van der Waals surface area contributed by atoms with Gasteiger partial charge in [0.2, 0.25) is 15.9 Å². The lowest BCUT2D eigenvalue weighted by molar-refractivity contribution is -0.118. The summed E-state index contributed by atoms with van der Waals surface area (Å²) in [4.78, 5) is 12.1. The number of amides is 1. The first kappa shape index (κ1) is 18.6. The second kappa shape index (κ2) is 7.68. The van der Waals surface area contributed by atoms with Crippen LogP contribution in [0.4, 0.5) is 5.69 Å². The average molecular weight is 329 g/mol. The van der Waals surface area contributed by atoms with Crippen LogP contribution in [-0.2, 0) is 19.6 Å². The van der Waals surface area contributed by atoms with E-state index in [0.717, 1.165) is 4.31 Å². The molecule has 1 atom stereocenters. The summed E-state index contributed by atoms with van der Waals surface area (Å²) >= 11 is 0. The van der Waals surface area contributed by atoms with E-state index in [-0.39, 0.29) is 29.9 Å². The fourth-order valence-electron chi connectivity index (χ4n) is 1.83. The summed E-state index contributed by atoms with van der Waals surface area (Å²) in [5.74, 6) is -0.283. The van der Waals surface area contributed by atoms with Gasteiger partial charge in [0.25, 0.3) is 0 Å². The van der Waals surface area contributed by atoms with Gasteiger partial charge >= 0.3 is 0 Å². The van der Waals surface area contributed by atoms with Gasteiger partial charge in [-0.3, -0.25) is 4.79 Å². The van der Waals surface area contributed by atoms with Crippen LogP contribution in [0.3, 0.4) is 0 Å². The van der Waals surface area contributed by atoms with Gasteiger partial charge in [0.1, 0.15) is 0 Å². The van der Waals surface area contributed by atoms with Crippen molar-refractivity contribution >= 4 is 21.6 Å². The molecule has 0 aromatic heterocycles. The lowest BCUT2D eigenvalue weighted by Crippen LogP contribution is -2.28. The molecule has 1 rings (SSSR count). The van der Waals surface area contributed by atoms with E-state index in [9.17, 15) is 13.2 Å². The summed E-state index contributed by atoms with van der Waals surface area (Å²) in [7, 11) is 0.849. The monoisotopic (exact) mass is 329 g/mol. The number of rotatable bonds is 7. The number of sulfonamides is 1. The van der Waals surface area contributed by atoms with Crippen molar-refractivity contribution < 1.29 is 17.9 Å². The maximum Gasteiger partial charge on any atom is 0.242 e. The zero-order chi connectivity index (χ0) is 16.9. The molecule has 0 radical (unpaired) electrons. The van der Waals surface area contributed by atoms with Gasteiger partial charge in [0, 0.05) is 33.4 Å². The molecule has 1 unspecified atom stereocenters. The van der Waals surface area contributed by atoms with E-state index >= 15 is 0 Å². The molecule has 1 amide bonds. The summed E-state index contributed by atoms with van der Waals surface area (Å²) in [6.07, 6.45) is -0.258. The SMILES string of the molecule is COC(CN)CC(=O)Nc1ccc(C)c(S(=O)(=O)N(C)C)c1. The second-order valence-corrected chi connectivity index (χ2v) is 7.23. The number of ether oxygens (including phenoxy) is 1. The van der Waals surface area contributed by atoms with Crippen LogP contribution in [0.5, 0.6) is 0 Å². The summed E-state index contributed by atoms with van der Waals surface area (Å²) in [6.45, 7) is 1.94. The second-order valence-electron chi connectivity index (χ2n) is 5.11. The molecule has 0 aliphatic carbocycles. The molecule has 0 aliphatic heterocycles. The molecule has 0 saturated heterocycles. The third-order valence-electron chi connectivity index (χ3n) is 3.24. The van der Waals surface area contributed by atoms with E-state index in [2.05, 4.69) is 5.32 Å². The van der Waals surface area contributed by atoms with E-state index in [4.69, 9.17) is 10.5 Å². The molecule has 0 saturated carbocycles. The van der Waals surface area contributed by atoms with E-state index in [1.165, 1.54) is 27.3 Å². The molecule has 0 heterocycles. The largest absolute Gasteiger partial charge is 0.380 e. The number of carbonyl (C=O) groups is 1. The Morgan fingerprint density at radius 1 is 1.41 bits per heavy atom. The zero-order valence-corrected chi connectivity index (χ0v) is 14.1. The maximum absolute atomic E-state index is 12.2. The van der Waals surface area contributed by atoms with Gasteiger partial charge in [0.05, 0.1) is 17.4 Å². The van der Waals surface area contributed by atoms with Crippen molar-refractivity contribution in [2.45, 2.75) is 24.3 Å². The van der Waals surface area contributed by atoms with Crippen LogP contribution in [-0.4, -0.2) is 52.5 Å². The van der Waals surface area contributed by atoms with Gasteiger partial charge in [-0.05, 0) is 24.6 Å². The third kappa shape index (κ3) is 4.51. The smallest absolute Gasteiger partial charge is 0.242 e. The Bertz CT molecular complexity index is 625. The van der Waals surface area contributed by atoms with Crippen molar-refractivity contribution in [2.75, 3.05) is 33.1 Å². The molecule has 3 N–H and O–H groups in total. The number of anilines is 1. The predicted octanol–water partition coefficient (Wildman–Crippen LogP) is 0.548. The number of nitrogens with one attached hydrogen (secondary N) is 1. The first-order chi connectivity index (χ1) is 10.2. The van der Waals surface area contributed by atoms with Crippen LogP contribution in [0.2, 0.25) is 0 Å². The summed E-state index contributed by atoms with van der Waals surface area (Å²) in [5, 5.41) is 2.66. The average Bonchev–Trinajstić information content (AvgIpc) is 2.46. The summed E-state index contributed by atoms with van der Waals surface area (Å²) < 4.78 is 30.7. The number of aryl methyl sites for hydroxylation is 1. The highest BCUT2D eigenvalue weighted by molar-refractivity contribution is 7.89. The fraction of sp³-hybridized carbons (Fsp3) is 0.500. The van der Waals surface area contributed by atoms with Crippen molar-refractivity contribution in [2.24, 2.45) is 5.73 Å². The minimum Gasteiger partial charge on any atom is -0.380 e. The molecule has 124 valence electrons. The van der Waals surface area contributed by atoms with Gasteiger partial charge in [-0.25, -0.2) is 12.7 Å². The van der Waals surface area contributed by atoms with Crippen molar-refractivity contribution in [3.05, 3.63) is 23.8 Å². The van der Waals surface area contributed by atoms with Crippen LogP contribution in [0, 0.1) is 6.92 Å². The first-order valence-electron chi connectivity index (χ1n) is 6.78. The molecule has 0 bridgehead atoms. The van der Waals surface area contributed by atoms with Gasteiger partial charge in [-0.15, -0.1) is 0 Å². The molecule has 0 fully saturated rings. The van der Waals surface area contributed by atoms with Gasteiger partial charge in [0.15, 0.2) is 0 Å². The van der Waals surface area contributed by atoms with E-state index < -0.39 is 10.0 Å². The Labute approximate surface area is 131 Å². The van der Waals surface area contributed by atoms with Crippen molar-refractivity contribution in [1.82, 2.24) is 4.31 Å². The Kier molecular flexibility index (Phi) is 6.48. The van der Waals surface area contributed by atoms with Crippen LogP contribution < -0.4 is 11.1 Å². The number of carbonyl (C=O) groups excluding carboxylic acids is 1. The molecule has 0 aliphatic rings. The van der Waals surface area contributed by atoms with Gasteiger partial charge in [-0.2, -0.15) is 0 Å². The lowest BCUT2D eigenvalue weighted by Gasteiger charge is -2.16. The molecule has 1 aromatic rings. The molecule has 22 heavy (non-hydrogen) atoms. The maximum atomic E-state index is 12.2. The zero-order valence-electron chi connectivity index (χ0n) is 13.3. The van der Waals surface area contributed by atoms with Crippen LogP contribution in [0.25, 0.3) is 0 Å². The van der Waals surface area contributed by atoms with E-state index in [1.807, 2.05) is 0 Å². The van der Waals surface area contributed by atoms with Crippen molar-refractivity contribution in [3.63, 3.8) is 0 Å². The van der Waals surface area contributed by atoms with Crippen molar-refractivity contribution in [3.8, 4) is 0 Å². The molecule has 1 aromatic carbocycles. The minimum absolute atomic E-state index is 0.108. The number of benzene rings is 1. The highest BCUT2D eigenvalue weighted by Gasteiger charge is 2.20. The molecule has 8 heteroatoms. The topological polar surface area (TPSA) is 102 Å². The molecular weight excluding hydrogens is 306 g/mol. The molecular formula is C14H23N3O4S. The summed E-state index contributed by atoms with van der Waals surface area (Å²) in [5.41, 5.74) is 6.50. The standard InChI is InChI=1S/C14H23N3O4S/c1-10-5-6-11(7-13(10)22(19,20)17(2)3)16-14(18)8-12(9-15)21-4/h5-7,12H,8-9,15H2,1-4H3,(H,16,18). The number of hydrogen-bond donors (Lipinski definition) is 2. The Morgan fingerprint density at radius 3 is 2.55 bits per heavy atom. The normalized spacial score (nSPS) is 13.2. The van der Waals surface area contributed by atoms with Gasteiger partial charge in [-0.1, -0.05) is 6.07 Å². The number of nitrogens with zero attached hydrogens (tertiary/aromatic N) is 1. The number of nitrogens with two attached hydrogens (primary N) is 1. The number of hydrogen-bond acceptors (Lipinski definition) is 5. The molecule has 7 nitrogen and oxygen atoms in total. The van der Waals surface area contributed by atoms with Crippen molar-refractivity contribution in [1.29, 1.82) is 0 Å². The molecule has 0 spiro atoms. The third-order valence-corrected chi connectivity index (χ3v) is 5.20. The quantitative estimate of drug-likeness (QED) is 0.760.